The quantitative estimate of drug-likeness (QED) is 0.460. The number of carbonyl (C=O) groups is 2. The molecule has 2 heterocycles. The lowest BCUT2D eigenvalue weighted by Gasteiger charge is -2.28. The van der Waals surface area contributed by atoms with Crippen molar-refractivity contribution in [1.82, 2.24) is 4.57 Å². The molecule has 0 aliphatic carbocycles. The molecule has 1 aliphatic heterocycles. The third kappa shape index (κ3) is 5.50. The number of aromatic nitrogens is 1. The highest BCUT2D eigenvalue weighted by Gasteiger charge is 2.24. The summed E-state index contributed by atoms with van der Waals surface area (Å²) in [6.45, 7) is 8.32. The number of methoxy groups -OCH3 is 1. The number of ether oxygens (including phenoxy) is 3. The van der Waals surface area contributed by atoms with Gasteiger partial charge in [-0.05, 0) is 69.3 Å². The molecule has 1 aliphatic rings. The lowest BCUT2D eigenvalue weighted by Crippen LogP contribution is -2.36. The van der Waals surface area contributed by atoms with Gasteiger partial charge in [0.15, 0.2) is 6.10 Å². The van der Waals surface area contributed by atoms with Gasteiger partial charge in [0.1, 0.15) is 5.75 Å². The van der Waals surface area contributed by atoms with Gasteiger partial charge in [-0.25, -0.2) is 4.79 Å². The van der Waals surface area contributed by atoms with Crippen molar-refractivity contribution in [3.63, 3.8) is 0 Å². The maximum Gasteiger partial charge on any atom is 0.340 e. The number of halogens is 1. The Hall–Kier alpha value is -3.49. The molecule has 1 saturated heterocycles. The van der Waals surface area contributed by atoms with E-state index in [1.807, 2.05) is 42.7 Å². The molecule has 0 spiro atoms. The SMILES string of the molecule is COc1ccc(Cl)cc1-n1c(C)cc(C(=O)O[C@@H](C)C(=O)Nc2ccc(N3CCOCC3)cc2)c1C. The Bertz CT molecular complexity index is 1250. The van der Waals surface area contributed by atoms with E-state index in [0.29, 0.717) is 46.6 Å². The third-order valence-corrected chi connectivity index (χ3v) is 6.43. The first-order valence-corrected chi connectivity index (χ1v) is 12.1. The van der Waals surface area contributed by atoms with Crippen LogP contribution in [0.25, 0.3) is 5.69 Å². The van der Waals surface area contributed by atoms with Gasteiger partial charge in [0.25, 0.3) is 5.91 Å². The van der Waals surface area contributed by atoms with Crippen molar-refractivity contribution in [1.29, 1.82) is 0 Å². The summed E-state index contributed by atoms with van der Waals surface area (Å²) >= 11 is 6.20. The average molecular weight is 512 g/mol. The summed E-state index contributed by atoms with van der Waals surface area (Å²) in [4.78, 5) is 27.9. The molecule has 36 heavy (non-hydrogen) atoms. The van der Waals surface area contributed by atoms with Crippen LogP contribution < -0.4 is 15.0 Å². The highest BCUT2D eigenvalue weighted by molar-refractivity contribution is 6.30. The van der Waals surface area contributed by atoms with E-state index >= 15 is 0 Å². The molecule has 0 radical (unpaired) electrons. The van der Waals surface area contributed by atoms with Crippen LogP contribution in [0.3, 0.4) is 0 Å². The molecule has 1 aromatic heterocycles. The summed E-state index contributed by atoms with van der Waals surface area (Å²) in [7, 11) is 1.58. The van der Waals surface area contributed by atoms with Gasteiger partial charge >= 0.3 is 5.97 Å². The first-order valence-electron chi connectivity index (χ1n) is 11.8. The molecule has 1 N–H and O–H groups in total. The van der Waals surface area contributed by atoms with E-state index in [0.717, 1.165) is 24.5 Å². The van der Waals surface area contributed by atoms with Gasteiger partial charge in [-0.1, -0.05) is 11.6 Å². The summed E-state index contributed by atoms with van der Waals surface area (Å²) < 4.78 is 18.2. The molecule has 2 aromatic carbocycles. The zero-order valence-corrected chi connectivity index (χ0v) is 21.6. The molecule has 1 fully saturated rings. The second-order valence-electron chi connectivity index (χ2n) is 8.62. The molecular weight excluding hydrogens is 482 g/mol. The van der Waals surface area contributed by atoms with Crippen LogP contribution in [0.1, 0.15) is 28.7 Å². The van der Waals surface area contributed by atoms with E-state index in [4.69, 9.17) is 25.8 Å². The van der Waals surface area contributed by atoms with Gasteiger partial charge in [-0.3, -0.25) is 4.79 Å². The predicted molar refractivity (Wildman–Crippen MR) is 140 cm³/mol. The van der Waals surface area contributed by atoms with E-state index < -0.39 is 18.0 Å². The fraction of sp³-hybridized carbons (Fsp3) is 0.333. The smallest absolute Gasteiger partial charge is 0.340 e. The van der Waals surface area contributed by atoms with Crippen LogP contribution in [0.15, 0.2) is 48.5 Å². The first kappa shape index (κ1) is 25.6. The number of aryl methyl sites for hydroxylation is 1. The number of rotatable bonds is 7. The minimum Gasteiger partial charge on any atom is -0.495 e. The number of nitrogens with zero attached hydrogens (tertiary/aromatic N) is 2. The molecule has 8 nitrogen and oxygen atoms in total. The molecule has 1 atom stereocenters. The number of hydrogen-bond acceptors (Lipinski definition) is 6. The first-order chi connectivity index (χ1) is 17.3. The zero-order valence-electron chi connectivity index (χ0n) is 20.8. The predicted octanol–water partition coefficient (Wildman–Crippen LogP) is 4.78. The Balaban J connectivity index is 1.43. The van der Waals surface area contributed by atoms with E-state index in [1.165, 1.54) is 0 Å². The van der Waals surface area contributed by atoms with E-state index in [1.54, 1.807) is 38.3 Å². The molecule has 0 bridgehead atoms. The molecule has 1 amide bonds. The van der Waals surface area contributed by atoms with Crippen LogP contribution >= 0.6 is 11.6 Å². The Kier molecular flexibility index (Phi) is 7.86. The Labute approximate surface area is 215 Å². The highest BCUT2D eigenvalue weighted by atomic mass is 35.5. The van der Waals surface area contributed by atoms with Crippen molar-refractivity contribution in [3.05, 3.63) is 70.5 Å². The van der Waals surface area contributed by atoms with Crippen molar-refractivity contribution in [2.45, 2.75) is 26.9 Å². The van der Waals surface area contributed by atoms with E-state index in [-0.39, 0.29) is 0 Å². The Morgan fingerprint density at radius 3 is 2.42 bits per heavy atom. The van der Waals surface area contributed by atoms with Gasteiger partial charge < -0.3 is 29.0 Å². The maximum atomic E-state index is 13.0. The van der Waals surface area contributed by atoms with Gasteiger partial charge in [-0.2, -0.15) is 0 Å². The number of hydrogen-bond donors (Lipinski definition) is 1. The minimum absolute atomic E-state index is 0.365. The normalized spacial score (nSPS) is 14.3. The van der Waals surface area contributed by atoms with Crippen LogP contribution in [0.5, 0.6) is 5.75 Å². The van der Waals surface area contributed by atoms with Crippen LogP contribution in [0.2, 0.25) is 5.02 Å². The Morgan fingerprint density at radius 2 is 1.75 bits per heavy atom. The van der Waals surface area contributed by atoms with Gasteiger partial charge in [0.05, 0.1) is 31.6 Å². The number of carbonyl (C=O) groups excluding carboxylic acids is 2. The lowest BCUT2D eigenvalue weighted by molar-refractivity contribution is -0.123. The summed E-state index contributed by atoms with van der Waals surface area (Å²) in [6.07, 6.45) is -0.986. The number of amides is 1. The average Bonchev–Trinajstić information content (AvgIpc) is 3.18. The van der Waals surface area contributed by atoms with Gasteiger partial charge in [0.2, 0.25) is 0 Å². The highest BCUT2D eigenvalue weighted by Crippen LogP contribution is 2.31. The summed E-state index contributed by atoms with van der Waals surface area (Å²) in [6, 6.07) is 14.6. The summed E-state index contributed by atoms with van der Waals surface area (Å²) in [5.41, 5.74) is 4.24. The topological polar surface area (TPSA) is 82.0 Å². The van der Waals surface area contributed by atoms with E-state index in [9.17, 15) is 9.59 Å². The Morgan fingerprint density at radius 1 is 1.06 bits per heavy atom. The molecule has 9 heteroatoms. The second-order valence-corrected chi connectivity index (χ2v) is 9.06. The molecule has 3 aromatic rings. The van der Waals surface area contributed by atoms with E-state index in [2.05, 4.69) is 10.2 Å². The maximum absolute atomic E-state index is 13.0. The molecule has 0 saturated carbocycles. The van der Waals surface area contributed by atoms with Crippen molar-refractivity contribution < 1.29 is 23.8 Å². The van der Waals surface area contributed by atoms with Crippen molar-refractivity contribution in [2.75, 3.05) is 43.6 Å². The third-order valence-electron chi connectivity index (χ3n) is 6.20. The van der Waals surface area contributed by atoms with Crippen molar-refractivity contribution >= 4 is 34.9 Å². The molecule has 4 rings (SSSR count). The molecule has 0 unspecified atom stereocenters. The lowest BCUT2D eigenvalue weighted by atomic mass is 10.2. The number of esters is 1. The van der Waals surface area contributed by atoms with Gasteiger partial charge in [-0.15, -0.1) is 0 Å². The molecular formula is C27H30ClN3O5. The number of anilines is 2. The van der Waals surface area contributed by atoms with Crippen molar-refractivity contribution in [2.24, 2.45) is 0 Å². The fourth-order valence-corrected chi connectivity index (χ4v) is 4.44. The number of nitrogens with one attached hydrogen (secondary N) is 1. The number of morpholine rings is 1. The van der Waals surface area contributed by atoms with Crippen LogP contribution in [-0.2, 0) is 14.3 Å². The minimum atomic E-state index is -0.986. The summed E-state index contributed by atoms with van der Waals surface area (Å²) in [5, 5.41) is 3.36. The monoisotopic (exact) mass is 511 g/mol. The largest absolute Gasteiger partial charge is 0.495 e. The van der Waals surface area contributed by atoms with Crippen LogP contribution in [-0.4, -0.2) is 56.0 Å². The number of benzene rings is 2. The van der Waals surface area contributed by atoms with Crippen LogP contribution in [0, 0.1) is 13.8 Å². The zero-order chi connectivity index (χ0) is 25.8. The van der Waals surface area contributed by atoms with Crippen LogP contribution in [0.4, 0.5) is 11.4 Å². The van der Waals surface area contributed by atoms with Crippen molar-refractivity contribution in [3.8, 4) is 11.4 Å². The fourth-order valence-electron chi connectivity index (χ4n) is 4.28. The van der Waals surface area contributed by atoms with Gasteiger partial charge in [0, 0.05) is 40.9 Å². The summed E-state index contributed by atoms with van der Waals surface area (Å²) in [5.74, 6) is -0.373. The standard InChI is InChI=1S/C27H30ClN3O5/c1-17-15-23(18(2)31(17)24-16-20(28)5-10-25(24)34-4)27(33)36-19(3)26(32)29-21-6-8-22(9-7-21)30-11-13-35-14-12-30/h5-10,15-16,19H,11-14H2,1-4H3,(H,29,32)/t19-/m0/s1. The molecule has 190 valence electrons. The second kappa shape index (κ2) is 11.1.